The van der Waals surface area contributed by atoms with Crippen LogP contribution in [-0.4, -0.2) is 16.6 Å². The molecule has 4 aromatic rings. The molecule has 4 rings (SSSR count). The molecule has 1 amide bonds. The summed E-state index contributed by atoms with van der Waals surface area (Å²) in [6.07, 6.45) is 3.83. The highest BCUT2D eigenvalue weighted by molar-refractivity contribution is 6.07. The number of hydrogen-bond acceptors (Lipinski definition) is 3. The second-order valence-corrected chi connectivity index (χ2v) is 6.88. The molecule has 0 unspecified atom stereocenters. The highest BCUT2D eigenvalue weighted by Crippen LogP contribution is 2.24. The molecule has 0 aliphatic heterocycles. The van der Waals surface area contributed by atoms with Crippen molar-refractivity contribution in [3.05, 3.63) is 108 Å². The smallest absolute Gasteiger partial charge is 0.267 e. The topological polar surface area (TPSA) is 54.4 Å². The summed E-state index contributed by atoms with van der Waals surface area (Å²) in [5.41, 5.74) is 7.48. The molecule has 1 N–H and O–H groups in total. The monoisotopic (exact) mass is 391 g/mol. The van der Waals surface area contributed by atoms with E-state index in [1.165, 1.54) is 0 Å². The number of para-hydroxylation sites is 1. The van der Waals surface area contributed by atoms with Gasteiger partial charge in [-0.25, -0.2) is 10.4 Å². The van der Waals surface area contributed by atoms with E-state index in [0.717, 1.165) is 27.7 Å². The highest BCUT2D eigenvalue weighted by atomic mass is 16.2. The average molecular weight is 391 g/mol. The molecule has 1 heterocycles. The molecule has 3 aromatic carbocycles. The van der Waals surface area contributed by atoms with E-state index in [0.29, 0.717) is 11.3 Å². The van der Waals surface area contributed by atoms with Crippen LogP contribution in [0, 0.1) is 0 Å². The van der Waals surface area contributed by atoms with E-state index in [-0.39, 0.29) is 5.91 Å². The van der Waals surface area contributed by atoms with Crippen LogP contribution in [0.2, 0.25) is 0 Å². The second kappa shape index (κ2) is 8.97. The molecule has 0 bridgehead atoms. The van der Waals surface area contributed by atoms with Gasteiger partial charge in [-0.05, 0) is 30.7 Å². The molecule has 1 aromatic heterocycles. The van der Waals surface area contributed by atoms with Crippen molar-refractivity contribution in [2.24, 2.45) is 5.10 Å². The number of fused-ring (bicyclic) bond motifs is 1. The minimum Gasteiger partial charge on any atom is -0.267 e. The molecular formula is C26H21N3O. The Bertz CT molecular complexity index is 1230. The zero-order chi connectivity index (χ0) is 20.8. The first-order valence-electron chi connectivity index (χ1n) is 9.74. The van der Waals surface area contributed by atoms with Gasteiger partial charge in [-0.15, -0.1) is 0 Å². The maximum atomic E-state index is 13.0. The quantitative estimate of drug-likeness (QED) is 0.349. The SMILES string of the molecule is CC(/C=C\c1ccccc1)=N/NC(=O)c1cc(-c2ccccc2)nc2ccccc12. The number of carbonyl (C=O) groups excluding carboxylic acids is 1. The number of benzene rings is 3. The lowest BCUT2D eigenvalue weighted by atomic mass is 10.0. The maximum Gasteiger partial charge on any atom is 0.272 e. The second-order valence-electron chi connectivity index (χ2n) is 6.88. The molecule has 0 fully saturated rings. The van der Waals surface area contributed by atoms with E-state index in [2.05, 4.69) is 10.5 Å². The number of nitrogens with zero attached hydrogens (tertiary/aromatic N) is 2. The van der Waals surface area contributed by atoms with Gasteiger partial charge < -0.3 is 0 Å². The molecule has 146 valence electrons. The van der Waals surface area contributed by atoms with Crippen molar-refractivity contribution in [2.75, 3.05) is 0 Å². The van der Waals surface area contributed by atoms with Crippen LogP contribution in [0.25, 0.3) is 28.2 Å². The predicted octanol–water partition coefficient (Wildman–Crippen LogP) is 5.72. The van der Waals surface area contributed by atoms with Crippen LogP contribution < -0.4 is 5.43 Å². The summed E-state index contributed by atoms with van der Waals surface area (Å²) >= 11 is 0. The van der Waals surface area contributed by atoms with Crippen molar-refractivity contribution in [1.29, 1.82) is 0 Å². The van der Waals surface area contributed by atoms with Gasteiger partial charge in [0, 0.05) is 10.9 Å². The Labute approximate surface area is 175 Å². The van der Waals surface area contributed by atoms with E-state index in [1.807, 2.05) is 110 Å². The van der Waals surface area contributed by atoms with Crippen molar-refractivity contribution in [3.63, 3.8) is 0 Å². The van der Waals surface area contributed by atoms with Crippen LogP contribution in [0.1, 0.15) is 22.8 Å². The molecule has 0 atom stereocenters. The first kappa shape index (κ1) is 19.3. The van der Waals surface area contributed by atoms with E-state index in [4.69, 9.17) is 4.98 Å². The minimum atomic E-state index is -0.266. The maximum absolute atomic E-state index is 13.0. The number of pyridine rings is 1. The third kappa shape index (κ3) is 4.50. The Morgan fingerprint density at radius 3 is 2.33 bits per heavy atom. The summed E-state index contributed by atoms with van der Waals surface area (Å²) in [7, 11) is 0. The first-order valence-corrected chi connectivity index (χ1v) is 9.74. The number of hydrazone groups is 1. The molecule has 0 aliphatic rings. The summed E-state index contributed by atoms with van der Waals surface area (Å²) in [6.45, 7) is 1.85. The van der Waals surface area contributed by atoms with Crippen LogP contribution in [0.3, 0.4) is 0 Å². The summed E-state index contributed by atoms with van der Waals surface area (Å²) in [5, 5.41) is 5.03. The normalized spacial score (nSPS) is 11.7. The number of rotatable bonds is 5. The summed E-state index contributed by atoms with van der Waals surface area (Å²) in [4.78, 5) is 17.7. The van der Waals surface area contributed by atoms with Gasteiger partial charge in [0.1, 0.15) is 0 Å². The Kier molecular flexibility index (Phi) is 5.76. The van der Waals surface area contributed by atoms with Gasteiger partial charge in [-0.2, -0.15) is 5.10 Å². The predicted molar refractivity (Wildman–Crippen MR) is 123 cm³/mol. The van der Waals surface area contributed by atoms with Crippen molar-refractivity contribution in [3.8, 4) is 11.3 Å². The van der Waals surface area contributed by atoms with Gasteiger partial charge in [-0.3, -0.25) is 4.79 Å². The number of allylic oxidation sites excluding steroid dienone is 1. The third-order valence-corrected chi connectivity index (χ3v) is 4.68. The van der Waals surface area contributed by atoms with Gasteiger partial charge in [0.2, 0.25) is 0 Å². The van der Waals surface area contributed by atoms with Gasteiger partial charge in [0.25, 0.3) is 5.91 Å². The fourth-order valence-corrected chi connectivity index (χ4v) is 3.14. The van der Waals surface area contributed by atoms with Gasteiger partial charge in [-0.1, -0.05) is 84.9 Å². The van der Waals surface area contributed by atoms with Crippen LogP contribution in [-0.2, 0) is 0 Å². The van der Waals surface area contributed by atoms with Crippen LogP contribution in [0.15, 0.2) is 102 Å². The molecule has 0 saturated heterocycles. The van der Waals surface area contributed by atoms with Crippen LogP contribution in [0.5, 0.6) is 0 Å². The lowest BCUT2D eigenvalue weighted by Crippen LogP contribution is -2.19. The fourth-order valence-electron chi connectivity index (χ4n) is 3.14. The minimum absolute atomic E-state index is 0.266. The van der Waals surface area contributed by atoms with Crippen LogP contribution >= 0.6 is 0 Å². The number of hydrogen-bond donors (Lipinski definition) is 1. The molecule has 0 aliphatic carbocycles. The molecule has 0 saturated carbocycles. The number of amides is 1. The lowest BCUT2D eigenvalue weighted by molar-refractivity contribution is 0.0956. The summed E-state index contributed by atoms with van der Waals surface area (Å²) in [6, 6.07) is 29.2. The standard InChI is InChI=1S/C26H21N3O/c1-19(16-17-20-10-4-2-5-11-20)28-29-26(30)23-18-25(21-12-6-3-7-13-21)27-24-15-9-8-14-22(23)24/h2-18H,1H3,(H,29,30)/b17-16-,28-19-. The van der Waals surface area contributed by atoms with E-state index < -0.39 is 0 Å². The zero-order valence-corrected chi connectivity index (χ0v) is 16.6. The van der Waals surface area contributed by atoms with Crippen LogP contribution in [0.4, 0.5) is 0 Å². The number of aromatic nitrogens is 1. The Hall–Kier alpha value is -4.05. The molecule has 0 spiro atoms. The van der Waals surface area contributed by atoms with Gasteiger partial charge in [0.15, 0.2) is 0 Å². The third-order valence-electron chi connectivity index (χ3n) is 4.68. The summed E-state index contributed by atoms with van der Waals surface area (Å²) < 4.78 is 0. The zero-order valence-electron chi connectivity index (χ0n) is 16.6. The van der Waals surface area contributed by atoms with E-state index in [9.17, 15) is 4.79 Å². The Morgan fingerprint density at radius 1 is 0.900 bits per heavy atom. The fraction of sp³-hybridized carbons (Fsp3) is 0.0385. The Balaban J connectivity index is 1.62. The summed E-state index contributed by atoms with van der Waals surface area (Å²) in [5.74, 6) is -0.266. The van der Waals surface area contributed by atoms with E-state index in [1.54, 1.807) is 0 Å². The first-order chi connectivity index (χ1) is 14.7. The molecule has 30 heavy (non-hydrogen) atoms. The lowest BCUT2D eigenvalue weighted by Gasteiger charge is -2.09. The number of carbonyl (C=O) groups is 1. The Morgan fingerprint density at radius 2 is 1.57 bits per heavy atom. The number of nitrogens with one attached hydrogen (secondary N) is 1. The highest BCUT2D eigenvalue weighted by Gasteiger charge is 2.13. The molecule has 4 heteroatoms. The molecule has 4 nitrogen and oxygen atoms in total. The molecular weight excluding hydrogens is 370 g/mol. The largest absolute Gasteiger partial charge is 0.272 e. The van der Waals surface area contributed by atoms with Gasteiger partial charge in [0.05, 0.1) is 22.5 Å². The van der Waals surface area contributed by atoms with Crippen molar-refractivity contribution in [2.45, 2.75) is 6.92 Å². The molecule has 0 radical (unpaired) electrons. The van der Waals surface area contributed by atoms with Crippen molar-refractivity contribution in [1.82, 2.24) is 10.4 Å². The van der Waals surface area contributed by atoms with Crippen molar-refractivity contribution < 1.29 is 4.79 Å². The van der Waals surface area contributed by atoms with E-state index >= 15 is 0 Å². The van der Waals surface area contributed by atoms with Gasteiger partial charge >= 0.3 is 0 Å². The average Bonchev–Trinajstić information content (AvgIpc) is 2.81. The van der Waals surface area contributed by atoms with Crippen molar-refractivity contribution >= 4 is 28.6 Å².